The number of halogens is 1. The standard InChI is InChI=1S/C18H24N4O.ClH/c1-4-23-11-15-21-16-17(22(15)10-9-12(2)3)13-7-5-6-8-14(13)20-18(16)19;/h5-8,12H,4,9-11H2,1-3H3,(H2,19,20);1H. The number of nitrogens with zero attached hydrogens (tertiary/aromatic N) is 3. The van der Waals surface area contributed by atoms with Crippen molar-refractivity contribution in [2.45, 2.75) is 40.3 Å². The number of aryl methyl sites for hydroxylation is 1. The minimum absolute atomic E-state index is 0. The molecule has 0 amide bonds. The maximum Gasteiger partial charge on any atom is 0.152 e. The summed E-state index contributed by atoms with van der Waals surface area (Å²) in [6, 6.07) is 8.09. The number of nitrogen functional groups attached to an aromatic ring is 1. The molecule has 0 aliphatic carbocycles. The van der Waals surface area contributed by atoms with Crippen LogP contribution in [0.5, 0.6) is 0 Å². The van der Waals surface area contributed by atoms with Gasteiger partial charge in [0.15, 0.2) is 5.82 Å². The third kappa shape index (κ3) is 3.47. The molecule has 0 spiro atoms. The summed E-state index contributed by atoms with van der Waals surface area (Å²) in [6.45, 7) is 8.53. The van der Waals surface area contributed by atoms with Crippen molar-refractivity contribution >= 4 is 40.2 Å². The van der Waals surface area contributed by atoms with E-state index in [1.54, 1.807) is 0 Å². The maximum absolute atomic E-state index is 6.16. The Hall–Kier alpha value is -1.85. The fourth-order valence-corrected chi connectivity index (χ4v) is 2.84. The second kappa shape index (κ2) is 7.81. The maximum atomic E-state index is 6.16. The number of benzene rings is 1. The smallest absolute Gasteiger partial charge is 0.152 e. The zero-order valence-electron chi connectivity index (χ0n) is 14.5. The van der Waals surface area contributed by atoms with Gasteiger partial charge in [0.1, 0.15) is 17.9 Å². The van der Waals surface area contributed by atoms with Gasteiger partial charge in [-0.1, -0.05) is 32.0 Å². The molecule has 0 aliphatic heterocycles. The van der Waals surface area contributed by atoms with Gasteiger partial charge in [-0.3, -0.25) is 0 Å². The number of nitrogens with two attached hydrogens (primary N) is 1. The number of rotatable bonds is 6. The Bertz CT molecular complexity index is 829. The second-order valence-corrected chi connectivity index (χ2v) is 6.21. The largest absolute Gasteiger partial charge is 0.382 e. The molecule has 0 aliphatic rings. The predicted molar refractivity (Wildman–Crippen MR) is 101 cm³/mol. The second-order valence-electron chi connectivity index (χ2n) is 6.21. The van der Waals surface area contributed by atoms with Crippen molar-refractivity contribution in [1.29, 1.82) is 0 Å². The van der Waals surface area contributed by atoms with E-state index >= 15 is 0 Å². The van der Waals surface area contributed by atoms with Crippen LogP contribution in [-0.4, -0.2) is 21.1 Å². The van der Waals surface area contributed by atoms with Crippen molar-refractivity contribution in [3.8, 4) is 0 Å². The average molecular weight is 349 g/mol. The Labute approximate surface area is 148 Å². The lowest BCUT2D eigenvalue weighted by Gasteiger charge is -2.12. The van der Waals surface area contributed by atoms with Gasteiger partial charge in [-0.05, 0) is 25.3 Å². The lowest BCUT2D eigenvalue weighted by atomic mass is 10.1. The number of hydrogen-bond acceptors (Lipinski definition) is 4. The van der Waals surface area contributed by atoms with E-state index in [2.05, 4.69) is 29.5 Å². The fourth-order valence-electron chi connectivity index (χ4n) is 2.84. The number of para-hydroxylation sites is 1. The quantitative estimate of drug-likeness (QED) is 0.726. The normalized spacial score (nSPS) is 11.3. The summed E-state index contributed by atoms with van der Waals surface area (Å²) in [5.74, 6) is 2.03. The first-order valence-electron chi connectivity index (χ1n) is 8.22. The molecule has 2 N–H and O–H groups in total. The van der Waals surface area contributed by atoms with Crippen LogP contribution in [0.1, 0.15) is 33.0 Å². The molecule has 0 unspecified atom stereocenters. The highest BCUT2D eigenvalue weighted by molar-refractivity contribution is 6.06. The number of aromatic nitrogens is 3. The molecule has 0 bridgehead atoms. The van der Waals surface area contributed by atoms with Crippen LogP contribution in [0.3, 0.4) is 0 Å². The van der Waals surface area contributed by atoms with E-state index in [-0.39, 0.29) is 12.4 Å². The molecule has 1 aromatic carbocycles. The van der Waals surface area contributed by atoms with Crippen molar-refractivity contribution < 1.29 is 4.74 Å². The summed E-state index contributed by atoms with van der Waals surface area (Å²) in [6.07, 6.45) is 1.08. The topological polar surface area (TPSA) is 66.0 Å². The molecule has 130 valence electrons. The summed E-state index contributed by atoms with van der Waals surface area (Å²) in [4.78, 5) is 9.22. The summed E-state index contributed by atoms with van der Waals surface area (Å²) in [7, 11) is 0. The molecule has 2 heterocycles. The minimum atomic E-state index is 0. The van der Waals surface area contributed by atoms with Crippen LogP contribution in [0.25, 0.3) is 21.9 Å². The Balaban J connectivity index is 0.00000208. The van der Waals surface area contributed by atoms with E-state index in [0.29, 0.717) is 24.9 Å². The van der Waals surface area contributed by atoms with Gasteiger partial charge in [0.25, 0.3) is 0 Å². The van der Waals surface area contributed by atoms with Gasteiger partial charge >= 0.3 is 0 Å². The molecule has 0 radical (unpaired) electrons. The van der Waals surface area contributed by atoms with Gasteiger partial charge in [0, 0.05) is 18.5 Å². The fraction of sp³-hybridized carbons (Fsp3) is 0.444. The van der Waals surface area contributed by atoms with E-state index in [9.17, 15) is 0 Å². The van der Waals surface area contributed by atoms with Gasteiger partial charge in [0.2, 0.25) is 0 Å². The lowest BCUT2D eigenvalue weighted by Crippen LogP contribution is -2.08. The number of hydrogen-bond donors (Lipinski definition) is 1. The molecule has 3 rings (SSSR count). The van der Waals surface area contributed by atoms with Crippen molar-refractivity contribution in [2.75, 3.05) is 12.3 Å². The highest BCUT2D eigenvalue weighted by Crippen LogP contribution is 2.29. The Morgan fingerprint density at radius 1 is 1.21 bits per heavy atom. The first-order valence-corrected chi connectivity index (χ1v) is 8.22. The summed E-state index contributed by atoms with van der Waals surface area (Å²) in [5.41, 5.74) is 8.92. The van der Waals surface area contributed by atoms with Crippen LogP contribution in [0.2, 0.25) is 0 Å². The lowest BCUT2D eigenvalue weighted by molar-refractivity contribution is 0.125. The van der Waals surface area contributed by atoms with Crippen LogP contribution >= 0.6 is 12.4 Å². The van der Waals surface area contributed by atoms with E-state index in [0.717, 1.165) is 40.7 Å². The van der Waals surface area contributed by atoms with Crippen LogP contribution < -0.4 is 5.73 Å². The molecule has 24 heavy (non-hydrogen) atoms. The Kier molecular flexibility index (Phi) is 6.02. The van der Waals surface area contributed by atoms with E-state index in [1.165, 1.54) is 0 Å². The van der Waals surface area contributed by atoms with Crippen molar-refractivity contribution in [3.05, 3.63) is 30.1 Å². The highest BCUT2D eigenvalue weighted by atomic mass is 35.5. The van der Waals surface area contributed by atoms with E-state index < -0.39 is 0 Å². The molecule has 5 nitrogen and oxygen atoms in total. The van der Waals surface area contributed by atoms with Gasteiger partial charge in [-0.15, -0.1) is 12.4 Å². The molecular weight excluding hydrogens is 324 g/mol. The summed E-state index contributed by atoms with van der Waals surface area (Å²) >= 11 is 0. The van der Waals surface area contributed by atoms with E-state index in [4.69, 9.17) is 15.5 Å². The van der Waals surface area contributed by atoms with Crippen LogP contribution in [0.15, 0.2) is 24.3 Å². The third-order valence-electron chi connectivity index (χ3n) is 4.05. The third-order valence-corrected chi connectivity index (χ3v) is 4.05. The number of imidazole rings is 1. The molecule has 0 saturated carbocycles. The van der Waals surface area contributed by atoms with Crippen LogP contribution in [0, 0.1) is 5.92 Å². The predicted octanol–water partition coefficient (Wildman–Crippen LogP) is 4.17. The number of ether oxygens (including phenoxy) is 1. The van der Waals surface area contributed by atoms with Crippen LogP contribution in [-0.2, 0) is 17.9 Å². The van der Waals surface area contributed by atoms with E-state index in [1.807, 2.05) is 25.1 Å². The van der Waals surface area contributed by atoms with Crippen molar-refractivity contribution in [3.63, 3.8) is 0 Å². The van der Waals surface area contributed by atoms with Gasteiger partial charge < -0.3 is 15.0 Å². The Morgan fingerprint density at radius 2 is 1.96 bits per heavy atom. The number of pyridine rings is 1. The number of fused-ring (bicyclic) bond motifs is 3. The molecule has 6 heteroatoms. The highest BCUT2D eigenvalue weighted by Gasteiger charge is 2.17. The molecule has 0 atom stereocenters. The molecule has 3 aromatic rings. The van der Waals surface area contributed by atoms with Gasteiger partial charge in [-0.25, -0.2) is 9.97 Å². The molecule has 0 saturated heterocycles. The molecular formula is C18H25ClN4O. The van der Waals surface area contributed by atoms with Crippen molar-refractivity contribution in [2.24, 2.45) is 5.92 Å². The minimum Gasteiger partial charge on any atom is -0.382 e. The summed E-state index contributed by atoms with van der Waals surface area (Å²) < 4.78 is 7.86. The SMILES string of the molecule is CCOCc1nc2c(N)nc3ccccc3c2n1CCC(C)C.Cl. The van der Waals surface area contributed by atoms with Gasteiger partial charge in [0.05, 0.1) is 11.0 Å². The van der Waals surface area contributed by atoms with Crippen LogP contribution in [0.4, 0.5) is 5.82 Å². The Morgan fingerprint density at radius 3 is 2.67 bits per heavy atom. The first-order chi connectivity index (χ1) is 11.1. The monoisotopic (exact) mass is 348 g/mol. The first kappa shape index (κ1) is 18.5. The summed E-state index contributed by atoms with van der Waals surface area (Å²) in [5, 5.41) is 1.09. The average Bonchev–Trinajstić information content (AvgIpc) is 2.90. The molecule has 2 aromatic heterocycles. The van der Waals surface area contributed by atoms with Crippen molar-refractivity contribution in [1.82, 2.24) is 14.5 Å². The van der Waals surface area contributed by atoms with Gasteiger partial charge in [-0.2, -0.15) is 0 Å². The molecule has 0 fully saturated rings. The zero-order chi connectivity index (χ0) is 16.4. The number of anilines is 1. The zero-order valence-corrected chi connectivity index (χ0v) is 15.3.